The van der Waals surface area contributed by atoms with Gasteiger partial charge in [-0.05, 0) is 67.9 Å². The standard InChI is InChI=1S/C20H24ClN3OS/c1-14(15-5-8-17(9-6-15)24-11-3-4-12-24)22-20(26)23-16-7-10-19(25-2)18(21)13-16/h5-10,13-14H,3-4,11-12H2,1-2H3,(H2,22,23,26). The zero-order valence-corrected chi connectivity index (χ0v) is 16.7. The number of thiocarbonyl (C=S) groups is 1. The third-order valence-corrected chi connectivity index (χ3v) is 5.14. The predicted molar refractivity (Wildman–Crippen MR) is 114 cm³/mol. The first kappa shape index (κ1) is 18.8. The molecule has 6 heteroatoms. The molecule has 1 atom stereocenters. The average molecular weight is 390 g/mol. The Morgan fingerprint density at radius 1 is 1.15 bits per heavy atom. The number of nitrogens with zero attached hydrogens (tertiary/aromatic N) is 1. The van der Waals surface area contributed by atoms with E-state index in [1.807, 2.05) is 12.1 Å². The van der Waals surface area contributed by atoms with E-state index in [-0.39, 0.29) is 6.04 Å². The average Bonchev–Trinajstić information content (AvgIpc) is 3.16. The second-order valence-corrected chi connectivity index (χ2v) is 7.27. The smallest absolute Gasteiger partial charge is 0.171 e. The molecule has 2 aromatic rings. The molecular weight excluding hydrogens is 366 g/mol. The van der Waals surface area contributed by atoms with Gasteiger partial charge in [-0.3, -0.25) is 0 Å². The number of nitrogens with one attached hydrogen (secondary N) is 2. The van der Waals surface area contributed by atoms with Crippen LogP contribution in [0.3, 0.4) is 0 Å². The van der Waals surface area contributed by atoms with Gasteiger partial charge in [0.25, 0.3) is 0 Å². The van der Waals surface area contributed by atoms with Gasteiger partial charge in [-0.1, -0.05) is 23.7 Å². The molecule has 0 radical (unpaired) electrons. The third kappa shape index (κ3) is 4.59. The lowest BCUT2D eigenvalue weighted by atomic mass is 10.1. The van der Waals surface area contributed by atoms with Gasteiger partial charge in [0.15, 0.2) is 5.11 Å². The number of methoxy groups -OCH3 is 1. The first-order valence-electron chi connectivity index (χ1n) is 8.83. The number of rotatable bonds is 5. The van der Waals surface area contributed by atoms with Gasteiger partial charge in [0.1, 0.15) is 5.75 Å². The van der Waals surface area contributed by atoms with E-state index in [2.05, 4.69) is 46.7 Å². The van der Waals surface area contributed by atoms with E-state index < -0.39 is 0 Å². The molecule has 0 spiro atoms. The number of hydrogen-bond donors (Lipinski definition) is 2. The van der Waals surface area contributed by atoms with E-state index in [4.69, 9.17) is 28.6 Å². The van der Waals surface area contributed by atoms with Crippen LogP contribution in [-0.4, -0.2) is 25.3 Å². The largest absolute Gasteiger partial charge is 0.495 e. The van der Waals surface area contributed by atoms with Gasteiger partial charge in [0.2, 0.25) is 0 Å². The molecule has 138 valence electrons. The molecule has 0 bridgehead atoms. The molecule has 1 aliphatic heterocycles. The fraction of sp³-hybridized carbons (Fsp3) is 0.350. The molecule has 1 saturated heterocycles. The van der Waals surface area contributed by atoms with Crippen LogP contribution in [0.1, 0.15) is 31.4 Å². The Hall–Kier alpha value is -1.98. The Bertz CT molecular complexity index is 760. The first-order valence-corrected chi connectivity index (χ1v) is 9.61. The van der Waals surface area contributed by atoms with Crippen molar-refractivity contribution < 1.29 is 4.74 Å². The van der Waals surface area contributed by atoms with Crippen molar-refractivity contribution in [2.24, 2.45) is 0 Å². The Morgan fingerprint density at radius 3 is 2.46 bits per heavy atom. The number of hydrogen-bond acceptors (Lipinski definition) is 3. The monoisotopic (exact) mass is 389 g/mol. The summed E-state index contributed by atoms with van der Waals surface area (Å²) >= 11 is 11.6. The van der Waals surface area contributed by atoms with Crippen LogP contribution in [0.2, 0.25) is 5.02 Å². The van der Waals surface area contributed by atoms with Crippen LogP contribution in [0.15, 0.2) is 42.5 Å². The molecule has 1 aliphatic rings. The van der Waals surface area contributed by atoms with Crippen LogP contribution in [0.4, 0.5) is 11.4 Å². The summed E-state index contributed by atoms with van der Waals surface area (Å²) in [6, 6.07) is 14.3. The summed E-state index contributed by atoms with van der Waals surface area (Å²) in [4.78, 5) is 2.43. The Balaban J connectivity index is 1.57. The third-order valence-electron chi connectivity index (χ3n) is 4.62. The van der Waals surface area contributed by atoms with Crippen molar-refractivity contribution in [2.75, 3.05) is 30.4 Å². The van der Waals surface area contributed by atoms with Crippen molar-refractivity contribution in [3.8, 4) is 5.75 Å². The van der Waals surface area contributed by atoms with E-state index in [1.165, 1.54) is 24.1 Å². The topological polar surface area (TPSA) is 36.5 Å². The molecule has 3 rings (SSSR count). The summed E-state index contributed by atoms with van der Waals surface area (Å²) < 4.78 is 5.16. The number of anilines is 2. The molecule has 2 N–H and O–H groups in total. The minimum absolute atomic E-state index is 0.108. The highest BCUT2D eigenvalue weighted by Gasteiger charge is 2.13. The first-order chi connectivity index (χ1) is 12.6. The molecule has 1 heterocycles. The van der Waals surface area contributed by atoms with E-state index in [1.54, 1.807) is 13.2 Å². The van der Waals surface area contributed by atoms with Gasteiger partial charge in [0.05, 0.1) is 18.2 Å². The highest BCUT2D eigenvalue weighted by molar-refractivity contribution is 7.80. The van der Waals surface area contributed by atoms with Crippen LogP contribution in [-0.2, 0) is 0 Å². The molecule has 0 saturated carbocycles. The minimum Gasteiger partial charge on any atom is -0.495 e. The van der Waals surface area contributed by atoms with Crippen LogP contribution < -0.4 is 20.3 Å². The molecule has 0 amide bonds. The Kier molecular flexibility index (Phi) is 6.22. The molecule has 2 aromatic carbocycles. The van der Waals surface area contributed by atoms with Crippen molar-refractivity contribution >= 4 is 40.3 Å². The predicted octanol–water partition coefficient (Wildman–Crippen LogP) is 5.00. The van der Waals surface area contributed by atoms with Crippen molar-refractivity contribution in [3.05, 3.63) is 53.1 Å². The van der Waals surface area contributed by atoms with Gasteiger partial charge >= 0.3 is 0 Å². The highest BCUT2D eigenvalue weighted by Crippen LogP contribution is 2.27. The maximum atomic E-state index is 6.15. The summed E-state index contributed by atoms with van der Waals surface area (Å²) in [5, 5.41) is 7.58. The fourth-order valence-corrected chi connectivity index (χ4v) is 3.69. The van der Waals surface area contributed by atoms with Gasteiger partial charge in [0, 0.05) is 24.5 Å². The van der Waals surface area contributed by atoms with Crippen LogP contribution in [0.25, 0.3) is 0 Å². The Morgan fingerprint density at radius 2 is 1.85 bits per heavy atom. The number of halogens is 1. The highest BCUT2D eigenvalue weighted by atomic mass is 35.5. The lowest BCUT2D eigenvalue weighted by molar-refractivity contribution is 0.415. The van der Waals surface area contributed by atoms with Crippen LogP contribution in [0.5, 0.6) is 5.75 Å². The summed E-state index contributed by atoms with van der Waals surface area (Å²) in [6.45, 7) is 4.41. The van der Waals surface area contributed by atoms with Gasteiger partial charge < -0.3 is 20.3 Å². The zero-order chi connectivity index (χ0) is 18.5. The van der Waals surface area contributed by atoms with Crippen LogP contribution >= 0.6 is 23.8 Å². The summed E-state index contributed by atoms with van der Waals surface area (Å²) in [7, 11) is 1.59. The van der Waals surface area contributed by atoms with E-state index in [0.29, 0.717) is 15.9 Å². The summed E-state index contributed by atoms with van der Waals surface area (Å²) in [6.07, 6.45) is 2.57. The number of ether oxygens (including phenoxy) is 1. The van der Waals surface area contributed by atoms with Crippen molar-refractivity contribution in [3.63, 3.8) is 0 Å². The quantitative estimate of drug-likeness (QED) is 0.704. The Labute approximate surface area is 165 Å². The summed E-state index contributed by atoms with van der Waals surface area (Å²) in [5.41, 5.74) is 3.32. The molecule has 1 fully saturated rings. The second kappa shape index (κ2) is 8.60. The minimum atomic E-state index is 0.108. The molecule has 0 aliphatic carbocycles. The lowest BCUT2D eigenvalue weighted by Gasteiger charge is -2.20. The fourth-order valence-electron chi connectivity index (χ4n) is 3.14. The van der Waals surface area contributed by atoms with Crippen molar-refractivity contribution in [2.45, 2.75) is 25.8 Å². The lowest BCUT2D eigenvalue weighted by Crippen LogP contribution is -2.30. The van der Waals surface area contributed by atoms with E-state index >= 15 is 0 Å². The maximum absolute atomic E-state index is 6.15. The SMILES string of the molecule is COc1ccc(NC(=S)NC(C)c2ccc(N3CCCC3)cc2)cc1Cl. The second-order valence-electron chi connectivity index (χ2n) is 6.46. The summed E-state index contributed by atoms with van der Waals surface area (Å²) in [5.74, 6) is 0.641. The number of benzene rings is 2. The van der Waals surface area contributed by atoms with Crippen LogP contribution in [0, 0.1) is 0 Å². The molecule has 4 nitrogen and oxygen atoms in total. The zero-order valence-electron chi connectivity index (χ0n) is 15.1. The van der Waals surface area contributed by atoms with Crippen molar-refractivity contribution in [1.29, 1.82) is 0 Å². The van der Waals surface area contributed by atoms with E-state index in [0.717, 1.165) is 18.8 Å². The normalized spacial score (nSPS) is 14.8. The molecule has 0 aromatic heterocycles. The molecular formula is C20H24ClN3OS. The molecule has 26 heavy (non-hydrogen) atoms. The van der Waals surface area contributed by atoms with Crippen molar-refractivity contribution in [1.82, 2.24) is 5.32 Å². The maximum Gasteiger partial charge on any atom is 0.171 e. The molecule has 1 unspecified atom stereocenters. The van der Waals surface area contributed by atoms with Gasteiger partial charge in [-0.25, -0.2) is 0 Å². The van der Waals surface area contributed by atoms with E-state index in [9.17, 15) is 0 Å². The van der Waals surface area contributed by atoms with Gasteiger partial charge in [-0.2, -0.15) is 0 Å². The van der Waals surface area contributed by atoms with Gasteiger partial charge in [-0.15, -0.1) is 0 Å².